The van der Waals surface area contributed by atoms with E-state index in [0.717, 1.165) is 10.5 Å². The number of carboxylic acid groups (broad SMARTS) is 1. The van der Waals surface area contributed by atoms with Crippen LogP contribution >= 0.6 is 0 Å². The molecule has 6 heteroatoms. The predicted molar refractivity (Wildman–Crippen MR) is 94.0 cm³/mol. The fraction of sp³-hybridized carbons (Fsp3) is 0.421. The molecule has 1 saturated heterocycles. The van der Waals surface area contributed by atoms with Gasteiger partial charge in [0.25, 0.3) is 0 Å². The summed E-state index contributed by atoms with van der Waals surface area (Å²) in [6.07, 6.45) is -0.544. The number of rotatable bonds is 5. The second kappa shape index (κ2) is 9.61. The van der Waals surface area contributed by atoms with Crippen LogP contribution in [0.25, 0.3) is 0 Å². The van der Waals surface area contributed by atoms with Crippen molar-refractivity contribution in [1.82, 2.24) is 4.90 Å². The first-order valence-corrected chi connectivity index (χ1v) is 8.27. The lowest BCUT2D eigenvalue weighted by Gasteiger charge is -2.23. The van der Waals surface area contributed by atoms with Crippen LogP contribution in [0.3, 0.4) is 0 Å². The monoisotopic (exact) mass is 347 g/mol. The Kier molecular flexibility index (Phi) is 7.85. The van der Waals surface area contributed by atoms with Crippen LogP contribution in [0, 0.1) is 5.92 Å². The molecule has 2 unspecified atom stereocenters. The van der Waals surface area contributed by atoms with Gasteiger partial charge in [0.1, 0.15) is 12.6 Å². The molecule has 2 atom stereocenters. The van der Waals surface area contributed by atoms with Gasteiger partial charge in [0.05, 0.1) is 12.5 Å². The van der Waals surface area contributed by atoms with Crippen molar-refractivity contribution in [2.24, 2.45) is 5.92 Å². The Hall–Kier alpha value is -2.63. The highest BCUT2D eigenvalue weighted by Gasteiger charge is 2.47. The second-order valence-electron chi connectivity index (χ2n) is 5.69. The normalized spacial score (nSPS) is 19.0. The Morgan fingerprint density at radius 1 is 1.28 bits per heavy atom. The number of ether oxygens (including phenoxy) is 1. The predicted octanol–water partition coefficient (Wildman–Crippen LogP) is 3.27. The van der Waals surface area contributed by atoms with Gasteiger partial charge in [-0.05, 0) is 18.9 Å². The Bertz CT molecular complexity index is 626. The molecule has 136 valence electrons. The maximum Gasteiger partial charge on any atom is 0.411 e. The number of aliphatic carboxylic acids is 1. The van der Waals surface area contributed by atoms with E-state index in [1.165, 1.54) is 0 Å². The molecule has 25 heavy (non-hydrogen) atoms. The molecule has 0 saturated carbocycles. The van der Waals surface area contributed by atoms with Crippen LogP contribution in [-0.2, 0) is 20.9 Å². The van der Waals surface area contributed by atoms with Crippen molar-refractivity contribution in [3.63, 3.8) is 0 Å². The number of Topliss-reactive ketones (excluding diaryl/α,β-unsaturated/α-hetero) is 1. The summed E-state index contributed by atoms with van der Waals surface area (Å²) in [6, 6.07) is 7.84. The Balaban J connectivity index is 0.00000151. The molecule has 6 nitrogen and oxygen atoms in total. The first kappa shape index (κ1) is 20.4. The van der Waals surface area contributed by atoms with E-state index < -0.39 is 24.0 Å². The summed E-state index contributed by atoms with van der Waals surface area (Å²) in [5.41, 5.74) is 1.49. The quantitative estimate of drug-likeness (QED) is 0.827. The van der Waals surface area contributed by atoms with Gasteiger partial charge in [-0.25, -0.2) is 9.59 Å². The molecule has 0 bridgehead atoms. The lowest BCUT2D eigenvalue weighted by Crippen LogP contribution is -2.43. The zero-order valence-corrected chi connectivity index (χ0v) is 14.9. The highest BCUT2D eigenvalue weighted by Crippen LogP contribution is 2.28. The molecule has 1 aliphatic heterocycles. The minimum Gasteiger partial charge on any atom is -0.480 e. The molecule has 1 aromatic rings. The number of benzene rings is 1. The highest BCUT2D eigenvalue weighted by atomic mass is 16.6. The number of carbonyl (C=O) groups excluding carboxylic acids is 2. The lowest BCUT2D eigenvalue weighted by molar-refractivity contribution is -0.143. The lowest BCUT2D eigenvalue weighted by atomic mass is 9.92. The topological polar surface area (TPSA) is 83.9 Å². The molecule has 0 radical (unpaired) electrons. The Morgan fingerprint density at radius 3 is 2.40 bits per heavy atom. The molecule has 1 heterocycles. The van der Waals surface area contributed by atoms with Gasteiger partial charge in [0.15, 0.2) is 5.78 Å². The number of nitrogens with zero attached hydrogens (tertiary/aromatic N) is 1. The van der Waals surface area contributed by atoms with Gasteiger partial charge in [-0.2, -0.15) is 0 Å². The van der Waals surface area contributed by atoms with E-state index in [4.69, 9.17) is 4.74 Å². The van der Waals surface area contributed by atoms with Crippen LogP contribution in [0.2, 0.25) is 0 Å². The molecular weight excluding hydrogens is 322 g/mol. The maximum absolute atomic E-state index is 12.2. The second-order valence-corrected chi connectivity index (χ2v) is 5.69. The van der Waals surface area contributed by atoms with Gasteiger partial charge in [0, 0.05) is 0 Å². The van der Waals surface area contributed by atoms with E-state index in [1.807, 2.05) is 32.0 Å². The number of carboxylic acids is 1. The molecule has 2 rings (SSSR count). The summed E-state index contributed by atoms with van der Waals surface area (Å²) in [7, 11) is 0. The van der Waals surface area contributed by atoms with Gasteiger partial charge in [-0.1, -0.05) is 49.8 Å². The molecule has 0 aliphatic carbocycles. The number of amides is 1. The minimum absolute atomic E-state index is 0.0296. The van der Waals surface area contributed by atoms with Gasteiger partial charge >= 0.3 is 12.1 Å². The summed E-state index contributed by atoms with van der Waals surface area (Å²) >= 11 is 0. The molecule has 1 aliphatic rings. The van der Waals surface area contributed by atoms with Gasteiger partial charge in [-0.3, -0.25) is 9.69 Å². The van der Waals surface area contributed by atoms with E-state index >= 15 is 0 Å². The van der Waals surface area contributed by atoms with Gasteiger partial charge < -0.3 is 9.84 Å². The van der Waals surface area contributed by atoms with E-state index in [0.29, 0.717) is 5.57 Å². The molecule has 0 spiro atoms. The third-order valence-electron chi connectivity index (χ3n) is 3.72. The van der Waals surface area contributed by atoms with Gasteiger partial charge in [-0.15, -0.1) is 6.58 Å². The van der Waals surface area contributed by atoms with Crippen molar-refractivity contribution >= 4 is 17.8 Å². The molecule has 1 aromatic carbocycles. The highest BCUT2D eigenvalue weighted by molar-refractivity contribution is 5.97. The van der Waals surface area contributed by atoms with Crippen molar-refractivity contribution in [3.05, 3.63) is 48.0 Å². The number of allylic oxidation sites excluding steroid dienone is 1. The largest absolute Gasteiger partial charge is 0.480 e. The fourth-order valence-electron chi connectivity index (χ4n) is 2.66. The van der Waals surface area contributed by atoms with Crippen LogP contribution in [0.15, 0.2) is 42.5 Å². The third-order valence-corrected chi connectivity index (χ3v) is 3.72. The van der Waals surface area contributed by atoms with Crippen molar-refractivity contribution < 1.29 is 24.2 Å². The van der Waals surface area contributed by atoms with Crippen LogP contribution in [0.4, 0.5) is 4.79 Å². The third kappa shape index (κ3) is 5.45. The summed E-state index contributed by atoms with van der Waals surface area (Å²) < 4.78 is 5.14. The molecular formula is C19H25NO5. The molecule has 1 amide bonds. The van der Waals surface area contributed by atoms with Crippen LogP contribution < -0.4 is 0 Å². The SMILES string of the molecule is C=C(C)CC1C(=O)CN(C(=O)OCc2ccccc2)C1C(=O)O.CC. The van der Waals surface area contributed by atoms with Crippen molar-refractivity contribution in [2.75, 3.05) is 6.54 Å². The average Bonchev–Trinajstić information content (AvgIpc) is 2.92. The smallest absolute Gasteiger partial charge is 0.411 e. The fourth-order valence-corrected chi connectivity index (χ4v) is 2.66. The Morgan fingerprint density at radius 2 is 1.88 bits per heavy atom. The summed E-state index contributed by atoms with van der Waals surface area (Å²) in [4.78, 5) is 36.7. The van der Waals surface area contributed by atoms with E-state index in [-0.39, 0.29) is 25.4 Å². The number of hydrogen-bond donors (Lipinski definition) is 1. The zero-order chi connectivity index (χ0) is 19.0. The van der Waals surface area contributed by atoms with Crippen molar-refractivity contribution in [1.29, 1.82) is 0 Å². The van der Waals surface area contributed by atoms with Crippen LogP contribution in [0.1, 0.15) is 32.8 Å². The van der Waals surface area contributed by atoms with E-state index in [1.54, 1.807) is 19.1 Å². The van der Waals surface area contributed by atoms with Crippen LogP contribution in [0.5, 0.6) is 0 Å². The number of likely N-dealkylation sites (tertiary alicyclic amines) is 1. The number of carbonyl (C=O) groups is 3. The molecule has 1 fully saturated rings. The molecule has 0 aromatic heterocycles. The summed E-state index contributed by atoms with van der Waals surface area (Å²) in [6.45, 7) is 9.22. The molecule has 1 N–H and O–H groups in total. The van der Waals surface area contributed by atoms with Crippen molar-refractivity contribution in [2.45, 2.75) is 39.8 Å². The number of ketones is 1. The summed E-state index contributed by atoms with van der Waals surface area (Å²) in [5.74, 6) is -2.26. The Labute approximate surface area is 148 Å². The van der Waals surface area contributed by atoms with Gasteiger partial charge in [0.2, 0.25) is 0 Å². The minimum atomic E-state index is -1.21. The standard InChI is InChI=1S/C17H19NO5.C2H6/c1-11(2)8-13-14(19)9-18(15(13)16(20)21)17(22)23-10-12-6-4-3-5-7-12;1-2/h3-7,13,15H,1,8-10H2,2H3,(H,20,21);1-2H3. The maximum atomic E-state index is 12.2. The van der Waals surface area contributed by atoms with E-state index in [9.17, 15) is 19.5 Å². The zero-order valence-electron chi connectivity index (χ0n) is 14.9. The van der Waals surface area contributed by atoms with E-state index in [2.05, 4.69) is 6.58 Å². The average molecular weight is 347 g/mol. The summed E-state index contributed by atoms with van der Waals surface area (Å²) in [5, 5.41) is 9.39. The first-order chi connectivity index (χ1) is 11.9. The first-order valence-electron chi connectivity index (χ1n) is 8.27. The number of hydrogen-bond acceptors (Lipinski definition) is 4. The van der Waals surface area contributed by atoms with Crippen LogP contribution in [-0.4, -0.2) is 40.4 Å². The van der Waals surface area contributed by atoms with Crippen molar-refractivity contribution in [3.8, 4) is 0 Å².